The maximum absolute atomic E-state index is 14.6. The number of nitrogens with zero attached hydrogens (tertiary/aromatic N) is 8. The second-order valence-corrected chi connectivity index (χ2v) is 26.4. The van der Waals surface area contributed by atoms with Gasteiger partial charge in [0, 0.05) is 91.6 Å². The average molecular weight is 1330 g/mol. The fourth-order valence-corrected chi connectivity index (χ4v) is 12.1. The minimum Gasteiger partial charge on any atom is -0.354 e. The third-order valence-electron chi connectivity index (χ3n) is 18.0. The van der Waals surface area contributed by atoms with Gasteiger partial charge >= 0.3 is 6.18 Å². The van der Waals surface area contributed by atoms with Gasteiger partial charge in [-0.05, 0) is 112 Å². The third-order valence-corrected chi connectivity index (χ3v) is 18.3. The second kappa shape index (κ2) is 35.7. The highest BCUT2D eigenvalue weighted by Crippen LogP contribution is 2.31. The second-order valence-electron chi connectivity index (χ2n) is 25.9. The van der Waals surface area contributed by atoms with Gasteiger partial charge in [-0.25, -0.2) is 4.99 Å². The molecule has 0 spiro atoms. The largest absolute Gasteiger partial charge is 0.416 e. The first-order valence-corrected chi connectivity index (χ1v) is 32.9. The first kappa shape index (κ1) is 76.3. The smallest absolute Gasteiger partial charge is 0.354 e. The number of aryl methyl sites for hydroxylation is 1. The van der Waals surface area contributed by atoms with E-state index < -0.39 is 133 Å². The molecule has 0 unspecified atom stereocenters. The summed E-state index contributed by atoms with van der Waals surface area (Å²) in [7, 11) is 8.43. The number of rotatable bonds is 11. The minimum atomic E-state index is -4.60. The molecular weight excluding hydrogens is 1230 g/mol. The molecule has 2 fully saturated rings. The fraction of sp³-hybridized carbons (Fsp3) is 0.642. The normalized spacial score (nSPS) is 24.1. The van der Waals surface area contributed by atoms with Gasteiger partial charge < -0.3 is 50.2 Å². The van der Waals surface area contributed by atoms with E-state index in [0.29, 0.717) is 48.3 Å². The summed E-state index contributed by atoms with van der Waals surface area (Å²) in [4.78, 5) is 170. The summed E-state index contributed by atoms with van der Waals surface area (Å²) in [5.74, 6) is -7.26. The van der Waals surface area contributed by atoms with Gasteiger partial charge in [0.1, 0.15) is 35.9 Å². The van der Waals surface area contributed by atoms with Crippen molar-refractivity contribution >= 4 is 82.3 Å². The highest BCUT2D eigenvalue weighted by molar-refractivity contribution is 6.41. The molecule has 5 rings (SSSR count). The molecule has 26 heteroatoms. The van der Waals surface area contributed by atoms with Crippen LogP contribution in [-0.4, -0.2) is 216 Å². The summed E-state index contributed by atoms with van der Waals surface area (Å²) in [5, 5.41) is 8.91. The molecule has 11 amide bonds. The van der Waals surface area contributed by atoms with E-state index in [9.17, 15) is 65.9 Å². The minimum absolute atomic E-state index is 0.0207. The molecule has 2 heterocycles. The van der Waals surface area contributed by atoms with Crippen molar-refractivity contribution < 1.29 is 65.9 Å². The number of hydrogen-bond acceptors (Lipinski definition) is 11. The Hall–Kier alpha value is -7.44. The van der Waals surface area contributed by atoms with E-state index in [2.05, 4.69) is 20.9 Å². The maximum Gasteiger partial charge on any atom is 0.416 e. The van der Waals surface area contributed by atoms with Gasteiger partial charge in [-0.15, -0.1) is 0 Å². The van der Waals surface area contributed by atoms with Crippen LogP contribution >= 0.6 is 11.6 Å². The average Bonchev–Trinajstić information content (AvgIpc) is 1.95. The topological polar surface area (TPSA) is 259 Å². The summed E-state index contributed by atoms with van der Waals surface area (Å²) in [6.45, 7) is 7.50. The summed E-state index contributed by atoms with van der Waals surface area (Å²) in [6.07, 6.45) is 1.96. The number of likely N-dealkylation sites (N-methyl/N-ethyl adjacent to an activating group) is 6. The number of nitrogens with one attached hydrogen (secondary N) is 3. The monoisotopic (exact) mass is 1320 g/mol. The zero-order valence-electron chi connectivity index (χ0n) is 56.0. The van der Waals surface area contributed by atoms with Crippen molar-refractivity contribution in [1.29, 1.82) is 0 Å². The molecule has 1 saturated carbocycles. The molecule has 2 aromatic rings. The van der Waals surface area contributed by atoms with Crippen LogP contribution in [0.5, 0.6) is 0 Å². The number of hydrogen-bond donors (Lipinski definition) is 3. The molecule has 514 valence electrons. The van der Waals surface area contributed by atoms with Crippen molar-refractivity contribution in [3.63, 3.8) is 0 Å². The van der Waals surface area contributed by atoms with Crippen LogP contribution in [0.4, 0.5) is 13.2 Å². The zero-order chi connectivity index (χ0) is 69.0. The Labute approximate surface area is 550 Å². The van der Waals surface area contributed by atoms with Crippen molar-refractivity contribution in [1.82, 2.24) is 50.2 Å². The van der Waals surface area contributed by atoms with E-state index in [-0.39, 0.29) is 81.5 Å². The third kappa shape index (κ3) is 22.6. The lowest BCUT2D eigenvalue weighted by molar-refractivity contribution is -0.147. The molecule has 93 heavy (non-hydrogen) atoms. The van der Waals surface area contributed by atoms with E-state index in [4.69, 9.17) is 11.6 Å². The quantitative estimate of drug-likeness (QED) is 0.232. The van der Waals surface area contributed by atoms with Crippen LogP contribution in [0.2, 0.25) is 5.02 Å². The van der Waals surface area contributed by atoms with Crippen molar-refractivity contribution in [3.8, 4) is 0 Å². The van der Waals surface area contributed by atoms with Crippen molar-refractivity contribution in [2.45, 2.75) is 186 Å². The van der Waals surface area contributed by atoms with Crippen LogP contribution in [0.3, 0.4) is 0 Å². The van der Waals surface area contributed by atoms with Crippen LogP contribution < -0.4 is 16.0 Å². The van der Waals surface area contributed by atoms with E-state index in [1.807, 2.05) is 20.8 Å². The van der Waals surface area contributed by atoms with E-state index in [1.54, 1.807) is 38.1 Å². The van der Waals surface area contributed by atoms with Gasteiger partial charge in [0.25, 0.3) is 11.8 Å². The fourth-order valence-electron chi connectivity index (χ4n) is 12.0. The number of fused-ring (bicyclic) bond motifs is 1. The van der Waals surface area contributed by atoms with Gasteiger partial charge in [-0.3, -0.25) is 52.7 Å². The number of benzene rings is 2. The molecule has 0 bridgehead atoms. The molecular formula is C67H97ClF3N11O11. The Morgan fingerprint density at radius 3 is 1.87 bits per heavy atom. The molecule has 1 aliphatic carbocycles. The molecule has 7 atom stereocenters. The molecule has 0 aromatic heterocycles. The highest BCUT2D eigenvalue weighted by Gasteiger charge is 2.40. The van der Waals surface area contributed by atoms with Crippen LogP contribution in [0.15, 0.2) is 53.5 Å². The first-order valence-electron chi connectivity index (χ1n) is 32.5. The lowest BCUT2D eigenvalue weighted by Gasteiger charge is -2.33. The lowest BCUT2D eigenvalue weighted by Crippen LogP contribution is -2.56. The van der Waals surface area contributed by atoms with Gasteiger partial charge in [0.15, 0.2) is 0 Å². The summed E-state index contributed by atoms with van der Waals surface area (Å²) in [6, 6.07) is 4.56. The van der Waals surface area contributed by atoms with E-state index >= 15 is 0 Å². The number of carbonyl (C=O) groups is 11. The van der Waals surface area contributed by atoms with Crippen molar-refractivity contribution in [3.05, 3.63) is 70.2 Å². The Morgan fingerprint density at radius 1 is 0.634 bits per heavy atom. The van der Waals surface area contributed by atoms with Gasteiger partial charge in [-0.1, -0.05) is 95.7 Å². The van der Waals surface area contributed by atoms with Gasteiger partial charge in [0.05, 0.1) is 25.2 Å². The van der Waals surface area contributed by atoms with Crippen LogP contribution in [-0.2, 0) is 71.8 Å². The Balaban J connectivity index is 1.48. The Bertz CT molecular complexity index is 2980. The number of aliphatic imine (C=N–C) groups is 1. The van der Waals surface area contributed by atoms with Crippen LogP contribution in [0.25, 0.3) is 0 Å². The molecule has 3 aliphatic rings. The standard InChI is InChI=1S/C67H97ClF3N11O11/c1-12-43(4)60-66(93)78(8)40-58(86)76(6)41-59(87)81(11)54(38-47-25-30-49(68)31-26-47)65(92)77(7)39-55(83)74-50(32-27-45-23-28-48(29-24-45)67(69,70)71)64(91)82-34-18-21-51(82)61(88)72-33-17-16-22-56(84)79(9)52(35-42(2)3)62(89)73-44(5)36-57(85)80(10)53(63(90)75-60)37-46-19-14-13-15-20-46/h23-26,28-31,42-44,46,50-54H,12-22,27,32-41H2,1-11H3,(H,72,88)(H,73,89)(H,74,83)/t43-,44+,50-,51-,52-,53-,54-/m0/s1. The Morgan fingerprint density at radius 2 is 1.25 bits per heavy atom. The summed E-state index contributed by atoms with van der Waals surface area (Å²) in [5.41, 5.74) is -0.00702. The van der Waals surface area contributed by atoms with Gasteiger partial charge in [-0.2, -0.15) is 13.2 Å². The SMILES string of the molecule is CC[C@H](C)C1=NC(=O)[C@H](CC2CCCCC2)N(C)C(=O)C[C@@H](C)NC(=O)[C@H](CC(C)C)N(C)C(=O)CCCCNC(=O)[C@@H]2CCCN2C(=O)[C@H](CCc2ccc(C(F)(F)F)cc2)NC(=O)CN(C)C(=O)[C@H](Cc2ccc(Cl)cc2)N(C)C(=O)CN(C)C(=O)CN(C)C1=O. The number of amides is 11. The molecule has 2 aliphatic heterocycles. The summed E-state index contributed by atoms with van der Waals surface area (Å²) >= 11 is 6.21. The number of halogens is 4. The lowest BCUT2D eigenvalue weighted by atomic mass is 9.84. The molecule has 1 saturated heterocycles. The summed E-state index contributed by atoms with van der Waals surface area (Å²) < 4.78 is 40.6. The molecule has 3 N–H and O–H groups in total. The first-order chi connectivity index (χ1) is 43.8. The number of carbonyl (C=O) groups excluding carboxylic acids is 11. The predicted molar refractivity (Wildman–Crippen MR) is 346 cm³/mol. The number of alkyl halides is 3. The highest BCUT2D eigenvalue weighted by atomic mass is 35.5. The van der Waals surface area contributed by atoms with Crippen LogP contribution in [0.1, 0.15) is 148 Å². The molecule has 2 aromatic carbocycles. The zero-order valence-corrected chi connectivity index (χ0v) is 56.7. The van der Waals surface area contributed by atoms with Crippen molar-refractivity contribution in [2.75, 3.05) is 75.0 Å². The predicted octanol–water partition coefficient (Wildman–Crippen LogP) is 6.09. The Kier molecular flexibility index (Phi) is 29.3. The van der Waals surface area contributed by atoms with E-state index in [1.165, 1.54) is 69.1 Å². The molecule has 0 radical (unpaired) electrons. The van der Waals surface area contributed by atoms with E-state index in [0.717, 1.165) is 63.8 Å². The molecule has 22 nitrogen and oxygen atoms in total. The van der Waals surface area contributed by atoms with Crippen molar-refractivity contribution in [2.24, 2.45) is 22.7 Å². The van der Waals surface area contributed by atoms with Gasteiger partial charge in [0.2, 0.25) is 53.2 Å². The maximum atomic E-state index is 14.6. The van der Waals surface area contributed by atoms with Crippen LogP contribution in [0, 0.1) is 17.8 Å².